The number of nitrogens with one attached hydrogen (secondary N) is 1. The first-order valence-electron chi connectivity index (χ1n) is 10.1. The van der Waals surface area contributed by atoms with E-state index >= 15 is 0 Å². The molecule has 2 rings (SSSR count). The molecule has 2 aromatic rings. The lowest BCUT2D eigenvalue weighted by atomic mass is 9.92. The van der Waals surface area contributed by atoms with Crippen molar-refractivity contribution in [2.45, 2.75) is 51.6 Å². The molecule has 0 aliphatic rings. The number of carboxylic acid groups (broad SMARTS) is 1. The first-order valence-corrected chi connectivity index (χ1v) is 10.1. The van der Waals surface area contributed by atoms with Crippen molar-refractivity contribution in [1.82, 2.24) is 9.88 Å². The fourth-order valence-electron chi connectivity index (χ4n) is 3.48. The molecule has 1 aromatic heterocycles. The van der Waals surface area contributed by atoms with E-state index in [2.05, 4.69) is 5.32 Å². The summed E-state index contributed by atoms with van der Waals surface area (Å²) in [5, 5.41) is 11.3. The molecular formula is C23H27FN2O5. The van der Waals surface area contributed by atoms with E-state index in [0.717, 1.165) is 5.56 Å². The zero-order valence-electron chi connectivity index (χ0n) is 17.6. The van der Waals surface area contributed by atoms with E-state index in [-0.39, 0.29) is 17.5 Å². The number of carbonyl (C=O) groups excluding carboxylic acids is 2. The average Bonchev–Trinajstić information content (AvgIpc) is 2.75. The highest BCUT2D eigenvalue weighted by molar-refractivity contribution is 5.94. The fourth-order valence-corrected chi connectivity index (χ4v) is 3.48. The van der Waals surface area contributed by atoms with Crippen molar-refractivity contribution in [2.24, 2.45) is 0 Å². The van der Waals surface area contributed by atoms with Crippen molar-refractivity contribution in [1.29, 1.82) is 0 Å². The number of aliphatic carboxylic acids is 1. The summed E-state index contributed by atoms with van der Waals surface area (Å²) in [6, 6.07) is 9.95. The molecule has 0 aliphatic heterocycles. The Morgan fingerprint density at radius 3 is 2.42 bits per heavy atom. The summed E-state index contributed by atoms with van der Waals surface area (Å²) >= 11 is 0. The minimum absolute atomic E-state index is 0.258. The van der Waals surface area contributed by atoms with Crippen LogP contribution in [0.15, 0.2) is 47.4 Å². The van der Waals surface area contributed by atoms with Gasteiger partial charge in [0.05, 0.1) is 12.3 Å². The van der Waals surface area contributed by atoms with Gasteiger partial charge in [-0.3, -0.25) is 19.2 Å². The molecule has 1 heterocycles. The van der Waals surface area contributed by atoms with Gasteiger partial charge >= 0.3 is 5.97 Å². The summed E-state index contributed by atoms with van der Waals surface area (Å²) in [6.07, 6.45) is 1.85. The Bertz CT molecular complexity index is 987. The van der Waals surface area contributed by atoms with Gasteiger partial charge in [0.1, 0.15) is 12.7 Å². The van der Waals surface area contributed by atoms with E-state index in [1.807, 2.05) is 30.3 Å². The van der Waals surface area contributed by atoms with Gasteiger partial charge in [0.25, 0.3) is 5.56 Å². The highest BCUT2D eigenvalue weighted by atomic mass is 19.1. The van der Waals surface area contributed by atoms with E-state index in [1.165, 1.54) is 4.57 Å². The lowest BCUT2D eigenvalue weighted by Crippen LogP contribution is -2.46. The van der Waals surface area contributed by atoms with E-state index in [1.54, 1.807) is 26.1 Å². The molecule has 0 fully saturated rings. The number of benzene rings is 1. The molecular weight excluding hydrogens is 403 g/mol. The number of rotatable bonds is 11. The van der Waals surface area contributed by atoms with Crippen LogP contribution < -0.4 is 10.9 Å². The van der Waals surface area contributed by atoms with Gasteiger partial charge in [0.2, 0.25) is 5.91 Å². The van der Waals surface area contributed by atoms with Crippen LogP contribution >= 0.6 is 0 Å². The van der Waals surface area contributed by atoms with Crippen LogP contribution in [0.5, 0.6) is 0 Å². The number of Topliss-reactive ketones (excluding diaryl/α,β-unsaturated/α-hetero) is 1. The lowest BCUT2D eigenvalue weighted by molar-refractivity contribution is -0.140. The highest BCUT2D eigenvalue weighted by Crippen LogP contribution is 2.20. The van der Waals surface area contributed by atoms with Gasteiger partial charge in [-0.2, -0.15) is 0 Å². The smallest absolute Gasteiger partial charge is 0.305 e. The summed E-state index contributed by atoms with van der Waals surface area (Å²) in [6.45, 7) is 2.48. The second-order valence-corrected chi connectivity index (χ2v) is 7.37. The van der Waals surface area contributed by atoms with Gasteiger partial charge < -0.3 is 15.0 Å². The number of hydrogen-bond donors (Lipinski definition) is 2. The SMILES string of the molecule is CCC(C(=O)NC(CC(=O)O)C(=O)CF)c1c(C)ccn(CCc2ccccc2)c1=O. The van der Waals surface area contributed by atoms with Crippen molar-refractivity contribution in [2.75, 3.05) is 6.67 Å². The van der Waals surface area contributed by atoms with Crippen LogP contribution in [0.25, 0.3) is 0 Å². The van der Waals surface area contributed by atoms with Crippen LogP contribution in [0, 0.1) is 6.92 Å². The molecule has 0 aliphatic carbocycles. The van der Waals surface area contributed by atoms with Crippen molar-refractivity contribution >= 4 is 17.7 Å². The minimum atomic E-state index is -1.48. The Kier molecular flexibility index (Phi) is 8.66. The van der Waals surface area contributed by atoms with E-state index < -0.39 is 42.7 Å². The van der Waals surface area contributed by atoms with Crippen molar-refractivity contribution in [3.05, 3.63) is 69.6 Å². The number of amides is 1. The molecule has 2 N–H and O–H groups in total. The number of nitrogens with zero attached hydrogens (tertiary/aromatic N) is 1. The third kappa shape index (κ3) is 6.34. The van der Waals surface area contributed by atoms with Gasteiger partial charge in [-0.15, -0.1) is 0 Å². The van der Waals surface area contributed by atoms with Crippen LogP contribution in [0.2, 0.25) is 0 Å². The highest BCUT2D eigenvalue weighted by Gasteiger charge is 2.29. The van der Waals surface area contributed by atoms with E-state index in [0.29, 0.717) is 18.5 Å². The van der Waals surface area contributed by atoms with Crippen molar-refractivity contribution in [3.63, 3.8) is 0 Å². The average molecular weight is 430 g/mol. The minimum Gasteiger partial charge on any atom is -0.481 e. The molecule has 8 heteroatoms. The summed E-state index contributed by atoms with van der Waals surface area (Å²) in [5.41, 5.74) is 1.67. The largest absolute Gasteiger partial charge is 0.481 e. The fraction of sp³-hybridized carbons (Fsp3) is 0.391. The summed E-state index contributed by atoms with van der Waals surface area (Å²) < 4.78 is 14.3. The van der Waals surface area contributed by atoms with Crippen LogP contribution in [-0.4, -0.2) is 40.0 Å². The second-order valence-electron chi connectivity index (χ2n) is 7.37. The Morgan fingerprint density at radius 2 is 1.84 bits per heavy atom. The quantitative estimate of drug-likeness (QED) is 0.570. The van der Waals surface area contributed by atoms with Crippen molar-refractivity contribution < 1.29 is 23.9 Å². The summed E-state index contributed by atoms with van der Waals surface area (Å²) in [7, 11) is 0. The standard InChI is InChI=1S/C23H27FN2O5/c1-3-17(22(30)25-18(13-20(28)29)19(27)14-24)21-15(2)9-11-26(23(21)31)12-10-16-7-5-4-6-8-16/h4-9,11,17-18H,3,10,12-14H2,1-2H3,(H,25,30)(H,28,29). The molecule has 2 atom stereocenters. The monoisotopic (exact) mass is 430 g/mol. The summed E-state index contributed by atoms with van der Waals surface area (Å²) in [5.74, 6) is -3.91. The zero-order chi connectivity index (χ0) is 23.0. The first-order chi connectivity index (χ1) is 14.8. The number of carboxylic acids is 1. The van der Waals surface area contributed by atoms with Crippen LogP contribution in [0.3, 0.4) is 0 Å². The third-order valence-corrected chi connectivity index (χ3v) is 5.19. The van der Waals surface area contributed by atoms with Crippen molar-refractivity contribution in [3.8, 4) is 0 Å². The Hall–Kier alpha value is -3.29. The van der Waals surface area contributed by atoms with Crippen LogP contribution in [-0.2, 0) is 27.3 Å². The van der Waals surface area contributed by atoms with Gasteiger partial charge in [-0.25, -0.2) is 4.39 Å². The number of aryl methyl sites for hydroxylation is 3. The molecule has 0 saturated heterocycles. The molecule has 7 nitrogen and oxygen atoms in total. The molecule has 0 saturated carbocycles. The maximum Gasteiger partial charge on any atom is 0.305 e. The number of aromatic nitrogens is 1. The molecule has 0 spiro atoms. The molecule has 1 amide bonds. The summed E-state index contributed by atoms with van der Waals surface area (Å²) in [4.78, 5) is 48.7. The van der Waals surface area contributed by atoms with Gasteiger partial charge in [-0.1, -0.05) is 37.3 Å². The molecule has 2 unspecified atom stereocenters. The number of ketones is 1. The predicted octanol–water partition coefficient (Wildman–Crippen LogP) is 2.39. The normalized spacial score (nSPS) is 12.7. The van der Waals surface area contributed by atoms with Gasteiger partial charge in [0, 0.05) is 18.3 Å². The third-order valence-electron chi connectivity index (χ3n) is 5.19. The van der Waals surface area contributed by atoms with Crippen LogP contribution in [0.1, 0.15) is 42.4 Å². The van der Waals surface area contributed by atoms with E-state index in [9.17, 15) is 23.6 Å². The Labute approximate surface area is 179 Å². The molecule has 166 valence electrons. The molecule has 1 aromatic carbocycles. The number of halogens is 1. The molecule has 0 bridgehead atoms. The van der Waals surface area contributed by atoms with Gasteiger partial charge in [0.15, 0.2) is 5.78 Å². The predicted molar refractivity (Wildman–Crippen MR) is 114 cm³/mol. The van der Waals surface area contributed by atoms with Crippen LogP contribution in [0.4, 0.5) is 4.39 Å². The number of hydrogen-bond acceptors (Lipinski definition) is 4. The molecule has 31 heavy (non-hydrogen) atoms. The Morgan fingerprint density at radius 1 is 1.16 bits per heavy atom. The Balaban J connectivity index is 2.28. The topological polar surface area (TPSA) is 105 Å². The molecule has 0 radical (unpaired) electrons. The van der Waals surface area contributed by atoms with Gasteiger partial charge in [-0.05, 0) is 37.0 Å². The number of pyridine rings is 1. The lowest BCUT2D eigenvalue weighted by Gasteiger charge is -2.21. The first kappa shape index (κ1) is 24.0. The second kappa shape index (κ2) is 11.2. The van der Waals surface area contributed by atoms with E-state index in [4.69, 9.17) is 5.11 Å². The number of carbonyl (C=O) groups is 3. The zero-order valence-corrected chi connectivity index (χ0v) is 17.6. The maximum absolute atomic E-state index is 13.1. The number of alkyl halides is 1. The maximum atomic E-state index is 13.1.